The van der Waals surface area contributed by atoms with Gasteiger partial charge in [0.15, 0.2) is 0 Å². The van der Waals surface area contributed by atoms with Gasteiger partial charge in [-0.25, -0.2) is 0 Å². The van der Waals surface area contributed by atoms with Gasteiger partial charge in [0, 0.05) is 0 Å². The van der Waals surface area contributed by atoms with E-state index in [2.05, 4.69) is 6.58 Å². The molecule has 0 amide bonds. The Hall–Kier alpha value is -0.790. The second kappa shape index (κ2) is 3.17. The van der Waals surface area contributed by atoms with E-state index in [1.807, 2.05) is 0 Å². The minimum absolute atomic E-state index is 0.0237. The topological polar surface area (TPSA) is 26.3 Å². The molecule has 2 bridgehead atoms. The smallest absolute Gasteiger partial charge is 0.308 e. The van der Waals surface area contributed by atoms with Crippen molar-refractivity contribution in [1.82, 2.24) is 0 Å². The van der Waals surface area contributed by atoms with E-state index in [9.17, 15) is 4.79 Å². The summed E-state index contributed by atoms with van der Waals surface area (Å²) in [5.74, 6) is 1.32. The molecular formula is C11H16O2. The molecule has 0 aromatic carbocycles. The Bertz CT molecular complexity index is 228. The summed E-state index contributed by atoms with van der Waals surface area (Å²) in [6.07, 6.45) is 4.41. The van der Waals surface area contributed by atoms with Crippen LogP contribution in [-0.4, -0.2) is 13.1 Å². The molecule has 2 atom stereocenters. The molecule has 0 aromatic heterocycles. The second-order valence-electron chi connectivity index (χ2n) is 4.24. The summed E-state index contributed by atoms with van der Waals surface area (Å²) in [6, 6.07) is 0. The van der Waals surface area contributed by atoms with Gasteiger partial charge in [0.25, 0.3) is 0 Å². The molecule has 0 saturated heterocycles. The molecule has 0 aromatic rings. The molecule has 2 aliphatic carbocycles. The lowest BCUT2D eigenvalue weighted by atomic mass is 9.78. The van der Waals surface area contributed by atoms with Crippen molar-refractivity contribution in [2.75, 3.05) is 7.11 Å². The summed E-state index contributed by atoms with van der Waals surface area (Å²) < 4.78 is 4.78. The Labute approximate surface area is 79.0 Å². The minimum Gasteiger partial charge on any atom is -0.469 e. The zero-order valence-corrected chi connectivity index (χ0v) is 8.08. The Morgan fingerprint density at radius 1 is 1.38 bits per heavy atom. The number of esters is 1. The van der Waals surface area contributed by atoms with E-state index < -0.39 is 0 Å². The molecule has 0 aliphatic heterocycles. The zero-order chi connectivity index (χ0) is 9.42. The van der Waals surface area contributed by atoms with Gasteiger partial charge in [-0.05, 0) is 37.5 Å². The van der Waals surface area contributed by atoms with E-state index >= 15 is 0 Å². The number of hydrogen-bond acceptors (Lipinski definition) is 2. The second-order valence-corrected chi connectivity index (χ2v) is 4.24. The molecular weight excluding hydrogens is 164 g/mol. The maximum atomic E-state index is 11.3. The molecule has 2 aliphatic rings. The SMILES string of the molecule is C=C1C2CCC1CC(C(=O)OC)C2. The maximum absolute atomic E-state index is 11.3. The normalized spacial score (nSPS) is 37.6. The van der Waals surface area contributed by atoms with Gasteiger partial charge in [-0.2, -0.15) is 0 Å². The number of allylic oxidation sites excluding steroid dienone is 1. The van der Waals surface area contributed by atoms with Gasteiger partial charge < -0.3 is 4.74 Å². The highest BCUT2D eigenvalue weighted by atomic mass is 16.5. The van der Waals surface area contributed by atoms with Crippen LogP contribution in [0.5, 0.6) is 0 Å². The first kappa shape index (κ1) is 8.79. The van der Waals surface area contributed by atoms with Gasteiger partial charge >= 0.3 is 5.97 Å². The molecule has 2 fully saturated rings. The lowest BCUT2D eigenvalue weighted by molar-refractivity contribution is -0.146. The van der Waals surface area contributed by atoms with Crippen molar-refractivity contribution in [3.05, 3.63) is 12.2 Å². The third kappa shape index (κ3) is 1.38. The van der Waals surface area contributed by atoms with Crippen molar-refractivity contribution in [1.29, 1.82) is 0 Å². The molecule has 2 unspecified atom stereocenters. The van der Waals surface area contributed by atoms with E-state index in [4.69, 9.17) is 4.74 Å². The predicted molar refractivity (Wildman–Crippen MR) is 50.1 cm³/mol. The summed E-state index contributed by atoms with van der Waals surface area (Å²) in [5.41, 5.74) is 1.39. The number of ether oxygens (including phenoxy) is 1. The molecule has 0 N–H and O–H groups in total. The average molecular weight is 180 g/mol. The summed E-state index contributed by atoms with van der Waals surface area (Å²) in [7, 11) is 1.48. The number of hydrogen-bond donors (Lipinski definition) is 0. The highest BCUT2D eigenvalue weighted by Crippen LogP contribution is 2.47. The van der Waals surface area contributed by atoms with Crippen LogP contribution >= 0.6 is 0 Å². The van der Waals surface area contributed by atoms with Crippen molar-refractivity contribution in [3.63, 3.8) is 0 Å². The van der Waals surface area contributed by atoms with Gasteiger partial charge in [0.05, 0.1) is 13.0 Å². The molecule has 2 rings (SSSR count). The van der Waals surface area contributed by atoms with Crippen LogP contribution in [0.25, 0.3) is 0 Å². The molecule has 2 heteroatoms. The van der Waals surface area contributed by atoms with Crippen LogP contribution in [0.1, 0.15) is 25.7 Å². The number of fused-ring (bicyclic) bond motifs is 2. The summed E-state index contributed by atoms with van der Waals surface area (Å²) in [6.45, 7) is 4.11. The lowest BCUT2D eigenvalue weighted by Gasteiger charge is -2.27. The molecule has 0 heterocycles. The van der Waals surface area contributed by atoms with Crippen molar-refractivity contribution < 1.29 is 9.53 Å². The van der Waals surface area contributed by atoms with Crippen molar-refractivity contribution in [2.45, 2.75) is 25.7 Å². The molecule has 0 radical (unpaired) electrons. The van der Waals surface area contributed by atoms with E-state index in [1.165, 1.54) is 25.5 Å². The molecule has 72 valence electrons. The fraction of sp³-hybridized carbons (Fsp3) is 0.727. The summed E-state index contributed by atoms with van der Waals surface area (Å²) in [5, 5.41) is 0. The number of carbonyl (C=O) groups excluding carboxylic acids is 1. The maximum Gasteiger partial charge on any atom is 0.308 e. The highest BCUT2D eigenvalue weighted by molar-refractivity contribution is 5.72. The third-order valence-corrected chi connectivity index (χ3v) is 3.58. The number of methoxy groups -OCH3 is 1. The van der Waals surface area contributed by atoms with Crippen LogP contribution in [-0.2, 0) is 9.53 Å². The van der Waals surface area contributed by atoms with Crippen LogP contribution in [0.4, 0.5) is 0 Å². The molecule has 0 spiro atoms. The van der Waals surface area contributed by atoms with Crippen LogP contribution in [0.2, 0.25) is 0 Å². The van der Waals surface area contributed by atoms with E-state index in [-0.39, 0.29) is 11.9 Å². The van der Waals surface area contributed by atoms with E-state index in [0.717, 1.165) is 12.8 Å². The number of carbonyl (C=O) groups is 1. The fourth-order valence-electron chi connectivity index (χ4n) is 2.79. The Morgan fingerprint density at radius 3 is 2.38 bits per heavy atom. The highest BCUT2D eigenvalue weighted by Gasteiger charge is 2.40. The van der Waals surface area contributed by atoms with Crippen LogP contribution in [0.3, 0.4) is 0 Å². The quantitative estimate of drug-likeness (QED) is 0.456. The average Bonchev–Trinajstić information content (AvgIpc) is 2.42. The van der Waals surface area contributed by atoms with E-state index in [0.29, 0.717) is 11.8 Å². The van der Waals surface area contributed by atoms with Gasteiger partial charge in [-0.15, -0.1) is 0 Å². The van der Waals surface area contributed by atoms with Gasteiger partial charge in [0.2, 0.25) is 0 Å². The molecule has 2 nitrogen and oxygen atoms in total. The van der Waals surface area contributed by atoms with Gasteiger partial charge in [-0.3, -0.25) is 4.79 Å². The monoisotopic (exact) mass is 180 g/mol. The van der Waals surface area contributed by atoms with Crippen molar-refractivity contribution in [2.24, 2.45) is 17.8 Å². The van der Waals surface area contributed by atoms with Crippen LogP contribution in [0.15, 0.2) is 12.2 Å². The largest absolute Gasteiger partial charge is 0.469 e. The molecule has 2 saturated carbocycles. The van der Waals surface area contributed by atoms with E-state index in [1.54, 1.807) is 0 Å². The lowest BCUT2D eigenvalue weighted by Crippen LogP contribution is -2.25. The Kier molecular flexibility index (Phi) is 2.14. The first-order chi connectivity index (χ1) is 6.22. The van der Waals surface area contributed by atoms with Crippen LogP contribution < -0.4 is 0 Å². The minimum atomic E-state index is -0.0237. The van der Waals surface area contributed by atoms with Gasteiger partial charge in [-0.1, -0.05) is 12.2 Å². The third-order valence-electron chi connectivity index (χ3n) is 3.58. The fourth-order valence-corrected chi connectivity index (χ4v) is 2.79. The zero-order valence-electron chi connectivity index (χ0n) is 8.08. The van der Waals surface area contributed by atoms with Gasteiger partial charge in [0.1, 0.15) is 0 Å². The first-order valence-electron chi connectivity index (χ1n) is 4.99. The summed E-state index contributed by atoms with van der Waals surface area (Å²) in [4.78, 5) is 11.3. The molecule has 13 heavy (non-hydrogen) atoms. The first-order valence-corrected chi connectivity index (χ1v) is 4.99. The predicted octanol–water partition coefficient (Wildman–Crippen LogP) is 2.15. The number of rotatable bonds is 1. The summed E-state index contributed by atoms with van der Waals surface area (Å²) >= 11 is 0. The van der Waals surface area contributed by atoms with Crippen molar-refractivity contribution in [3.8, 4) is 0 Å². The Morgan fingerprint density at radius 2 is 1.92 bits per heavy atom. The Balaban J connectivity index is 2.06. The van der Waals surface area contributed by atoms with Crippen molar-refractivity contribution >= 4 is 5.97 Å². The standard InChI is InChI=1S/C11H16O2/c1-7-8-3-4-9(7)6-10(5-8)11(12)13-2/h8-10H,1,3-6H2,2H3. The van der Waals surface area contributed by atoms with Crippen LogP contribution in [0, 0.1) is 17.8 Å².